The molecule has 1 saturated carbocycles. The molecule has 0 aromatic carbocycles. The number of carboxylic acids is 1. The average Bonchev–Trinajstić information content (AvgIpc) is 2.56. The SMILES string of the molecule is CC1(C)C(CNc2scnc2C(=O)O)C1(C)C. The maximum Gasteiger partial charge on any atom is 0.357 e. The lowest BCUT2D eigenvalue weighted by Gasteiger charge is -2.05. The molecule has 1 aromatic rings. The summed E-state index contributed by atoms with van der Waals surface area (Å²) in [5, 5.41) is 12.8. The van der Waals surface area contributed by atoms with Gasteiger partial charge in [-0.3, -0.25) is 0 Å². The lowest BCUT2D eigenvalue weighted by molar-refractivity contribution is 0.0692. The first kappa shape index (κ1) is 12.4. The second-order valence-corrected chi connectivity index (χ2v) is 6.57. The molecule has 1 aliphatic rings. The predicted molar refractivity (Wildman–Crippen MR) is 68.6 cm³/mol. The van der Waals surface area contributed by atoms with E-state index in [-0.39, 0.29) is 5.69 Å². The van der Waals surface area contributed by atoms with E-state index in [2.05, 4.69) is 38.0 Å². The fourth-order valence-electron chi connectivity index (χ4n) is 2.56. The van der Waals surface area contributed by atoms with Crippen LogP contribution in [-0.4, -0.2) is 22.6 Å². The van der Waals surface area contributed by atoms with Crippen LogP contribution in [0.1, 0.15) is 38.2 Å². The summed E-state index contributed by atoms with van der Waals surface area (Å²) in [5.74, 6) is -0.401. The van der Waals surface area contributed by atoms with Crippen LogP contribution in [-0.2, 0) is 0 Å². The summed E-state index contributed by atoms with van der Waals surface area (Å²) in [6.45, 7) is 9.82. The van der Waals surface area contributed by atoms with E-state index >= 15 is 0 Å². The Balaban J connectivity index is 2.01. The zero-order chi connectivity index (χ0) is 12.8. The molecule has 1 fully saturated rings. The van der Waals surface area contributed by atoms with Crippen LogP contribution >= 0.6 is 11.3 Å². The van der Waals surface area contributed by atoms with Gasteiger partial charge in [0.2, 0.25) is 0 Å². The number of carboxylic acid groups (broad SMARTS) is 1. The van der Waals surface area contributed by atoms with Gasteiger partial charge in [-0.1, -0.05) is 27.7 Å². The van der Waals surface area contributed by atoms with Gasteiger partial charge in [-0.25, -0.2) is 9.78 Å². The van der Waals surface area contributed by atoms with Crippen LogP contribution < -0.4 is 5.32 Å². The monoisotopic (exact) mass is 254 g/mol. The number of carbonyl (C=O) groups is 1. The third-order valence-corrected chi connectivity index (χ3v) is 5.34. The first-order valence-corrected chi connectivity index (χ1v) is 6.57. The van der Waals surface area contributed by atoms with Gasteiger partial charge in [0.25, 0.3) is 0 Å². The van der Waals surface area contributed by atoms with Gasteiger partial charge in [-0.2, -0.15) is 0 Å². The van der Waals surface area contributed by atoms with Crippen molar-refractivity contribution >= 4 is 22.3 Å². The molecule has 1 aliphatic carbocycles. The highest BCUT2D eigenvalue weighted by Crippen LogP contribution is 2.68. The number of aromatic carboxylic acids is 1. The van der Waals surface area contributed by atoms with Crippen LogP contribution in [0.25, 0.3) is 0 Å². The maximum absolute atomic E-state index is 10.9. The Morgan fingerprint density at radius 1 is 1.47 bits per heavy atom. The van der Waals surface area contributed by atoms with E-state index in [9.17, 15) is 4.79 Å². The van der Waals surface area contributed by atoms with Crippen molar-refractivity contribution in [2.24, 2.45) is 16.7 Å². The first-order chi connectivity index (χ1) is 7.78. The minimum Gasteiger partial charge on any atom is -0.476 e. The van der Waals surface area contributed by atoms with Gasteiger partial charge in [0.15, 0.2) is 5.69 Å². The summed E-state index contributed by atoms with van der Waals surface area (Å²) in [4.78, 5) is 14.7. The Kier molecular flexibility index (Phi) is 2.69. The summed E-state index contributed by atoms with van der Waals surface area (Å²) in [6, 6.07) is 0. The van der Waals surface area contributed by atoms with Gasteiger partial charge in [-0.05, 0) is 16.7 Å². The number of hydrogen-bond acceptors (Lipinski definition) is 4. The molecule has 0 unspecified atom stereocenters. The first-order valence-electron chi connectivity index (χ1n) is 5.69. The van der Waals surface area contributed by atoms with Crippen LogP contribution in [0, 0.1) is 16.7 Å². The highest BCUT2D eigenvalue weighted by atomic mass is 32.1. The third kappa shape index (κ3) is 1.82. The second-order valence-electron chi connectivity index (χ2n) is 5.71. The Morgan fingerprint density at radius 3 is 2.53 bits per heavy atom. The Morgan fingerprint density at radius 2 is 2.06 bits per heavy atom. The molecule has 0 saturated heterocycles. The molecule has 17 heavy (non-hydrogen) atoms. The van der Waals surface area contributed by atoms with Crippen molar-refractivity contribution in [2.45, 2.75) is 27.7 Å². The normalized spacial score (nSPS) is 21.2. The number of nitrogens with zero attached hydrogens (tertiary/aromatic N) is 1. The van der Waals surface area contributed by atoms with E-state index in [1.807, 2.05) is 0 Å². The van der Waals surface area contributed by atoms with Crippen LogP contribution in [0.3, 0.4) is 0 Å². The molecule has 0 spiro atoms. The lowest BCUT2D eigenvalue weighted by atomic mass is 10.0. The van der Waals surface area contributed by atoms with Gasteiger partial charge in [0.05, 0.1) is 5.51 Å². The number of thiazole rings is 1. The fourth-order valence-corrected chi connectivity index (χ4v) is 3.24. The Labute approximate surface area is 105 Å². The van der Waals surface area contributed by atoms with Crippen molar-refractivity contribution in [3.63, 3.8) is 0 Å². The average molecular weight is 254 g/mol. The van der Waals surface area contributed by atoms with Crippen molar-refractivity contribution in [3.8, 4) is 0 Å². The van der Waals surface area contributed by atoms with Crippen LogP contribution in [0.15, 0.2) is 5.51 Å². The number of rotatable bonds is 4. The number of hydrogen-bond donors (Lipinski definition) is 2. The predicted octanol–water partition coefficient (Wildman–Crippen LogP) is 2.94. The summed E-state index contributed by atoms with van der Waals surface area (Å²) in [6.07, 6.45) is 0. The molecule has 0 bridgehead atoms. The molecule has 5 heteroatoms. The smallest absolute Gasteiger partial charge is 0.357 e. The number of anilines is 1. The summed E-state index contributed by atoms with van der Waals surface area (Å²) < 4.78 is 0. The van der Waals surface area contributed by atoms with Gasteiger partial charge >= 0.3 is 5.97 Å². The Hall–Kier alpha value is -1.10. The Bertz CT molecular complexity index is 437. The minimum atomic E-state index is -0.969. The molecule has 94 valence electrons. The number of nitrogens with one attached hydrogen (secondary N) is 1. The topological polar surface area (TPSA) is 62.2 Å². The standard InChI is InChI=1S/C12H18N2O2S/c1-11(2)7(12(11,3)4)5-13-9-8(10(15)16)14-6-17-9/h6-7,13H,5H2,1-4H3,(H,15,16). The number of aromatic nitrogens is 1. The molecular weight excluding hydrogens is 236 g/mol. The van der Waals surface area contributed by atoms with E-state index in [0.717, 1.165) is 6.54 Å². The molecule has 1 heterocycles. The van der Waals surface area contributed by atoms with E-state index in [4.69, 9.17) is 5.11 Å². The molecule has 0 amide bonds. The highest BCUT2D eigenvalue weighted by molar-refractivity contribution is 7.14. The van der Waals surface area contributed by atoms with Gasteiger partial charge in [0.1, 0.15) is 5.00 Å². The maximum atomic E-state index is 10.9. The van der Waals surface area contributed by atoms with Gasteiger partial charge in [0, 0.05) is 6.54 Å². The quantitative estimate of drug-likeness (QED) is 0.867. The third-order valence-electron chi connectivity index (χ3n) is 4.56. The van der Waals surface area contributed by atoms with Crippen LogP contribution in [0.5, 0.6) is 0 Å². The summed E-state index contributed by atoms with van der Waals surface area (Å²) >= 11 is 1.34. The molecule has 1 aromatic heterocycles. The van der Waals surface area contributed by atoms with Crippen molar-refractivity contribution in [3.05, 3.63) is 11.2 Å². The molecule has 2 N–H and O–H groups in total. The zero-order valence-corrected chi connectivity index (χ0v) is 11.4. The lowest BCUT2D eigenvalue weighted by Crippen LogP contribution is -2.10. The summed E-state index contributed by atoms with van der Waals surface area (Å²) in [7, 11) is 0. The largest absolute Gasteiger partial charge is 0.476 e. The molecule has 0 atom stereocenters. The van der Waals surface area contributed by atoms with E-state index in [1.165, 1.54) is 11.3 Å². The van der Waals surface area contributed by atoms with Crippen molar-refractivity contribution in [1.29, 1.82) is 0 Å². The van der Waals surface area contributed by atoms with Crippen molar-refractivity contribution in [1.82, 2.24) is 4.98 Å². The van der Waals surface area contributed by atoms with Crippen LogP contribution in [0.4, 0.5) is 5.00 Å². The second kappa shape index (κ2) is 3.70. The van der Waals surface area contributed by atoms with Crippen LogP contribution in [0.2, 0.25) is 0 Å². The fraction of sp³-hybridized carbons (Fsp3) is 0.667. The highest BCUT2D eigenvalue weighted by Gasteiger charge is 2.64. The summed E-state index contributed by atoms with van der Waals surface area (Å²) in [5.41, 5.74) is 2.32. The molecule has 0 radical (unpaired) electrons. The van der Waals surface area contributed by atoms with E-state index in [0.29, 0.717) is 21.7 Å². The molecule has 2 rings (SSSR count). The van der Waals surface area contributed by atoms with Gasteiger partial charge < -0.3 is 10.4 Å². The van der Waals surface area contributed by atoms with E-state index < -0.39 is 5.97 Å². The molecule has 4 nitrogen and oxygen atoms in total. The molecular formula is C12H18N2O2S. The zero-order valence-electron chi connectivity index (χ0n) is 10.6. The molecule has 0 aliphatic heterocycles. The van der Waals surface area contributed by atoms with E-state index in [1.54, 1.807) is 5.51 Å². The van der Waals surface area contributed by atoms with Crippen molar-refractivity contribution in [2.75, 3.05) is 11.9 Å². The minimum absolute atomic E-state index is 0.131. The van der Waals surface area contributed by atoms with Crippen molar-refractivity contribution < 1.29 is 9.90 Å². The van der Waals surface area contributed by atoms with Gasteiger partial charge in [-0.15, -0.1) is 11.3 Å².